The second-order valence-corrected chi connectivity index (χ2v) is 12.3. The summed E-state index contributed by atoms with van der Waals surface area (Å²) in [4.78, 5) is 16.6. The van der Waals surface area contributed by atoms with Crippen LogP contribution in [-0.2, 0) is 21.4 Å². The highest BCUT2D eigenvalue weighted by Crippen LogP contribution is 2.37. The van der Waals surface area contributed by atoms with Crippen molar-refractivity contribution in [2.24, 2.45) is 5.41 Å². The third kappa shape index (κ3) is 5.31. The van der Waals surface area contributed by atoms with Gasteiger partial charge in [0.15, 0.2) is 0 Å². The number of carboxylic acid groups (broad SMARTS) is 1. The molecule has 1 unspecified atom stereocenters. The monoisotopic (exact) mass is 561 g/mol. The zero-order valence-corrected chi connectivity index (χ0v) is 22.6. The van der Waals surface area contributed by atoms with Crippen molar-refractivity contribution in [3.05, 3.63) is 82.6 Å². The number of carboxylic acids is 1. The van der Waals surface area contributed by atoms with Gasteiger partial charge in [-0.1, -0.05) is 50.0 Å². The van der Waals surface area contributed by atoms with Crippen molar-refractivity contribution in [2.45, 2.75) is 38.3 Å². The Balaban J connectivity index is 1.90. The summed E-state index contributed by atoms with van der Waals surface area (Å²) in [5, 5.41) is 20.4. The van der Waals surface area contributed by atoms with Gasteiger partial charge in [0, 0.05) is 27.8 Å². The minimum Gasteiger partial charge on any atom is -0.480 e. The number of aliphatic hydroxyl groups is 1. The number of sulfonamides is 1. The average Bonchev–Trinajstić information content (AvgIpc) is 3.24. The number of hydrogen-bond donors (Lipinski definition) is 2. The van der Waals surface area contributed by atoms with Crippen molar-refractivity contribution in [3.63, 3.8) is 0 Å². The van der Waals surface area contributed by atoms with E-state index in [0.29, 0.717) is 16.8 Å². The first-order valence-corrected chi connectivity index (χ1v) is 13.4. The Morgan fingerprint density at radius 3 is 2.27 bits per heavy atom. The molecule has 8 nitrogen and oxygen atoms in total. The maximum absolute atomic E-state index is 14.0. The normalized spacial score (nSPS) is 13.0. The van der Waals surface area contributed by atoms with Crippen LogP contribution in [0.15, 0.2) is 71.9 Å². The molecule has 4 rings (SSSR count). The van der Waals surface area contributed by atoms with Crippen LogP contribution in [0.2, 0.25) is 10.0 Å². The number of halogens is 2. The number of hydrogen-bond acceptors (Lipinski definition) is 5. The van der Waals surface area contributed by atoms with Gasteiger partial charge in [-0.3, -0.25) is 4.31 Å². The molecule has 2 aromatic carbocycles. The topological polar surface area (TPSA) is 113 Å². The quantitative estimate of drug-likeness (QED) is 0.307. The molecule has 0 saturated heterocycles. The van der Waals surface area contributed by atoms with E-state index in [9.17, 15) is 23.4 Å². The van der Waals surface area contributed by atoms with Crippen molar-refractivity contribution in [1.29, 1.82) is 0 Å². The first-order valence-electron chi connectivity index (χ1n) is 11.2. The standard InChI is InChI=1S/C26H25Cl2N3O5S/c1-26(2,3)24(25(33)34)31(37(35,36)21-12-18(27)11-19(28)13-21)20-5-6-22-17(10-20)8-9-30(22)23-7-4-16(15-32)14-29-23/h4-14,24,32H,15H2,1-3H3,(H,33,34). The molecule has 0 fully saturated rings. The summed E-state index contributed by atoms with van der Waals surface area (Å²) < 4.78 is 30.7. The van der Waals surface area contributed by atoms with E-state index in [1.54, 1.807) is 69.6 Å². The Kier molecular flexibility index (Phi) is 7.27. The minimum atomic E-state index is -4.41. The zero-order valence-electron chi connectivity index (χ0n) is 20.3. The van der Waals surface area contributed by atoms with E-state index in [1.165, 1.54) is 18.2 Å². The van der Waals surface area contributed by atoms with Crippen LogP contribution in [0.3, 0.4) is 0 Å². The molecule has 0 aliphatic carbocycles. The highest BCUT2D eigenvalue weighted by atomic mass is 35.5. The van der Waals surface area contributed by atoms with E-state index in [-0.39, 0.29) is 27.2 Å². The van der Waals surface area contributed by atoms with E-state index in [0.717, 1.165) is 9.82 Å². The second-order valence-electron chi connectivity index (χ2n) is 9.62. The highest BCUT2D eigenvalue weighted by Gasteiger charge is 2.43. The smallest absolute Gasteiger partial charge is 0.328 e. The number of benzene rings is 2. The van der Waals surface area contributed by atoms with Gasteiger partial charge in [0.25, 0.3) is 10.0 Å². The van der Waals surface area contributed by atoms with Gasteiger partial charge in [-0.05, 0) is 59.5 Å². The average molecular weight is 562 g/mol. The molecule has 2 heterocycles. The van der Waals surface area contributed by atoms with Gasteiger partial charge < -0.3 is 14.8 Å². The van der Waals surface area contributed by atoms with Gasteiger partial charge >= 0.3 is 5.97 Å². The Morgan fingerprint density at radius 1 is 1.05 bits per heavy atom. The van der Waals surface area contributed by atoms with E-state index in [2.05, 4.69) is 4.98 Å². The number of anilines is 1. The summed E-state index contributed by atoms with van der Waals surface area (Å²) in [5.41, 5.74) is 0.609. The number of aliphatic hydroxyl groups excluding tert-OH is 1. The van der Waals surface area contributed by atoms with Crippen molar-refractivity contribution in [3.8, 4) is 5.82 Å². The van der Waals surface area contributed by atoms with Gasteiger partial charge in [-0.2, -0.15) is 0 Å². The molecule has 0 saturated carbocycles. The predicted molar refractivity (Wildman–Crippen MR) is 144 cm³/mol. The fraction of sp³-hybridized carbons (Fsp3) is 0.231. The van der Waals surface area contributed by atoms with Crippen LogP contribution < -0.4 is 4.31 Å². The lowest BCUT2D eigenvalue weighted by Gasteiger charge is -2.37. The second kappa shape index (κ2) is 9.98. The zero-order chi connectivity index (χ0) is 27.1. The Labute approximate surface area is 224 Å². The van der Waals surface area contributed by atoms with Crippen molar-refractivity contribution in [2.75, 3.05) is 4.31 Å². The Bertz CT molecular complexity index is 1560. The number of pyridine rings is 1. The highest BCUT2D eigenvalue weighted by molar-refractivity contribution is 7.93. The van der Waals surface area contributed by atoms with Crippen LogP contribution in [0.5, 0.6) is 0 Å². The molecule has 11 heteroatoms. The summed E-state index contributed by atoms with van der Waals surface area (Å²) in [5.74, 6) is -0.689. The van der Waals surface area contributed by atoms with Gasteiger partial charge in [0.2, 0.25) is 0 Å². The number of fused-ring (bicyclic) bond motifs is 1. The molecule has 2 aromatic heterocycles. The largest absolute Gasteiger partial charge is 0.480 e. The lowest BCUT2D eigenvalue weighted by atomic mass is 9.86. The molecule has 1 atom stereocenters. The van der Waals surface area contributed by atoms with Gasteiger partial charge in [-0.25, -0.2) is 18.2 Å². The molecular weight excluding hydrogens is 537 g/mol. The third-order valence-electron chi connectivity index (χ3n) is 5.85. The molecule has 0 aliphatic heterocycles. The number of carbonyl (C=O) groups is 1. The molecule has 0 radical (unpaired) electrons. The molecule has 0 bridgehead atoms. The van der Waals surface area contributed by atoms with Gasteiger partial charge in [0.1, 0.15) is 11.9 Å². The maximum atomic E-state index is 14.0. The third-order valence-corrected chi connectivity index (χ3v) is 8.06. The van der Waals surface area contributed by atoms with Crippen molar-refractivity contribution in [1.82, 2.24) is 9.55 Å². The summed E-state index contributed by atoms with van der Waals surface area (Å²) in [6, 6.07) is 12.7. The van der Waals surface area contributed by atoms with Crippen LogP contribution in [0.4, 0.5) is 5.69 Å². The summed E-state index contributed by atoms with van der Waals surface area (Å²) in [7, 11) is -4.41. The number of aromatic nitrogens is 2. The molecule has 4 aromatic rings. The number of rotatable bonds is 7. The lowest BCUT2D eigenvalue weighted by Crippen LogP contribution is -2.52. The SMILES string of the molecule is CC(C)(C)C(C(=O)O)N(c1ccc2c(ccn2-c2ccc(CO)cn2)c1)S(=O)(=O)c1cc(Cl)cc(Cl)c1. The first kappa shape index (κ1) is 26.9. The predicted octanol–water partition coefficient (Wildman–Crippen LogP) is 5.52. The van der Waals surface area contributed by atoms with E-state index in [1.807, 2.05) is 4.57 Å². The molecule has 37 heavy (non-hydrogen) atoms. The molecule has 0 spiro atoms. The fourth-order valence-corrected chi connectivity index (χ4v) is 6.67. The number of nitrogens with zero attached hydrogens (tertiary/aromatic N) is 3. The molecule has 0 amide bonds. The van der Waals surface area contributed by atoms with E-state index >= 15 is 0 Å². The molecular formula is C26H25Cl2N3O5S. The maximum Gasteiger partial charge on any atom is 0.328 e. The summed E-state index contributed by atoms with van der Waals surface area (Å²) in [6.07, 6.45) is 3.35. The Hall–Kier alpha value is -3.11. The van der Waals surface area contributed by atoms with Crippen LogP contribution in [0.1, 0.15) is 26.3 Å². The lowest BCUT2D eigenvalue weighted by molar-refractivity contribution is -0.140. The van der Waals surface area contributed by atoms with Crippen LogP contribution in [-0.4, -0.2) is 40.2 Å². The van der Waals surface area contributed by atoms with Gasteiger partial charge in [0.05, 0.1) is 22.7 Å². The minimum absolute atomic E-state index is 0.112. The Morgan fingerprint density at radius 2 is 1.73 bits per heavy atom. The van der Waals surface area contributed by atoms with Gasteiger partial charge in [-0.15, -0.1) is 0 Å². The van der Waals surface area contributed by atoms with Crippen LogP contribution in [0, 0.1) is 5.41 Å². The van der Waals surface area contributed by atoms with E-state index < -0.39 is 27.4 Å². The molecule has 2 N–H and O–H groups in total. The summed E-state index contributed by atoms with van der Waals surface area (Å²) >= 11 is 12.2. The van der Waals surface area contributed by atoms with Crippen molar-refractivity contribution < 1.29 is 23.4 Å². The number of aliphatic carboxylic acids is 1. The molecule has 0 aliphatic rings. The van der Waals surface area contributed by atoms with Crippen LogP contribution >= 0.6 is 23.2 Å². The molecule has 194 valence electrons. The fourth-order valence-electron chi connectivity index (χ4n) is 4.16. The summed E-state index contributed by atoms with van der Waals surface area (Å²) in [6.45, 7) is 4.87. The van der Waals surface area contributed by atoms with Crippen LogP contribution in [0.25, 0.3) is 16.7 Å². The van der Waals surface area contributed by atoms with Crippen molar-refractivity contribution >= 4 is 55.8 Å². The first-order chi connectivity index (χ1) is 17.3. The van der Waals surface area contributed by atoms with E-state index in [4.69, 9.17) is 23.2 Å².